The Morgan fingerprint density at radius 3 is 2.69 bits per heavy atom. The van der Waals surface area contributed by atoms with E-state index in [4.69, 9.17) is 11.6 Å². The van der Waals surface area contributed by atoms with Gasteiger partial charge in [-0.25, -0.2) is 4.68 Å². The fraction of sp³-hybridized carbons (Fsp3) is 0.600. The van der Waals surface area contributed by atoms with Crippen LogP contribution in [0.5, 0.6) is 0 Å². The van der Waals surface area contributed by atoms with Crippen LogP contribution in [0.1, 0.15) is 20.8 Å². The van der Waals surface area contributed by atoms with Gasteiger partial charge in [0.25, 0.3) is 5.56 Å². The van der Waals surface area contributed by atoms with Gasteiger partial charge in [-0.2, -0.15) is 5.10 Å². The largest absolute Gasteiger partial charge is 0.391 e. The molecule has 0 radical (unpaired) electrons. The summed E-state index contributed by atoms with van der Waals surface area (Å²) >= 11 is 5.89. The number of rotatable bonds is 3. The zero-order valence-corrected chi connectivity index (χ0v) is 10.5. The number of nitrogens with zero attached hydrogens (tertiary/aromatic N) is 2. The minimum atomic E-state index is -0.590. The summed E-state index contributed by atoms with van der Waals surface area (Å²) in [4.78, 5) is 11.5. The smallest absolute Gasteiger partial charge is 0.287 e. The molecule has 0 aliphatic heterocycles. The molecular weight excluding hydrogens is 230 g/mol. The summed E-state index contributed by atoms with van der Waals surface area (Å²) in [5.41, 5.74) is -0.527. The highest BCUT2D eigenvalue weighted by Gasteiger charge is 2.25. The Bertz CT molecular complexity index is 440. The number of hydrogen-bond donors (Lipinski definition) is 2. The van der Waals surface area contributed by atoms with Gasteiger partial charge in [-0.1, -0.05) is 11.6 Å². The number of anilines is 1. The Morgan fingerprint density at radius 1 is 1.62 bits per heavy atom. The predicted octanol–water partition coefficient (Wildman–Crippen LogP) is 1.00. The van der Waals surface area contributed by atoms with E-state index in [-0.39, 0.29) is 10.6 Å². The van der Waals surface area contributed by atoms with Crippen molar-refractivity contribution in [2.75, 3.05) is 5.32 Å². The molecule has 5 nitrogen and oxygen atoms in total. The van der Waals surface area contributed by atoms with Gasteiger partial charge in [0.1, 0.15) is 5.02 Å². The van der Waals surface area contributed by atoms with E-state index in [9.17, 15) is 9.90 Å². The molecular formula is C10H16ClN3O2. The average molecular weight is 246 g/mol. The first-order chi connectivity index (χ1) is 7.25. The molecule has 1 atom stereocenters. The van der Waals surface area contributed by atoms with E-state index in [1.54, 1.807) is 6.92 Å². The quantitative estimate of drug-likeness (QED) is 0.834. The summed E-state index contributed by atoms with van der Waals surface area (Å²) in [5.74, 6) is 0. The van der Waals surface area contributed by atoms with Crippen LogP contribution in [-0.4, -0.2) is 26.5 Å². The number of aliphatic hydroxyl groups excluding tert-OH is 1. The van der Waals surface area contributed by atoms with E-state index in [2.05, 4.69) is 10.4 Å². The second-order valence-corrected chi connectivity index (χ2v) is 4.70. The highest BCUT2D eigenvalue weighted by Crippen LogP contribution is 2.22. The lowest BCUT2D eigenvalue weighted by molar-refractivity contribution is 0.133. The molecule has 0 bridgehead atoms. The van der Waals surface area contributed by atoms with E-state index in [1.165, 1.54) is 13.2 Å². The van der Waals surface area contributed by atoms with Crippen LogP contribution in [0.25, 0.3) is 0 Å². The molecule has 1 unspecified atom stereocenters. The van der Waals surface area contributed by atoms with E-state index in [0.717, 1.165) is 4.68 Å². The van der Waals surface area contributed by atoms with Crippen LogP contribution in [0.4, 0.5) is 5.69 Å². The fourth-order valence-corrected chi connectivity index (χ4v) is 1.27. The standard InChI is InChI=1S/C10H16ClN3O2/c1-6(15)10(2,3)13-7-5-12-14(4)9(16)8(7)11/h5-6,13,15H,1-4H3. The number of aryl methyl sites for hydroxylation is 1. The molecule has 0 saturated heterocycles. The molecule has 0 spiro atoms. The van der Waals surface area contributed by atoms with Crippen molar-refractivity contribution >= 4 is 17.3 Å². The van der Waals surface area contributed by atoms with Crippen LogP contribution in [0.15, 0.2) is 11.0 Å². The third-order valence-corrected chi connectivity index (χ3v) is 2.94. The second-order valence-electron chi connectivity index (χ2n) is 4.32. The van der Waals surface area contributed by atoms with Crippen molar-refractivity contribution in [2.24, 2.45) is 7.05 Å². The third-order valence-electron chi connectivity index (χ3n) is 2.58. The molecule has 1 aromatic heterocycles. The molecule has 1 aromatic rings. The van der Waals surface area contributed by atoms with E-state index >= 15 is 0 Å². The minimum Gasteiger partial charge on any atom is -0.391 e. The molecule has 0 aliphatic carbocycles. The van der Waals surface area contributed by atoms with Crippen LogP contribution in [0.3, 0.4) is 0 Å². The van der Waals surface area contributed by atoms with E-state index in [0.29, 0.717) is 5.69 Å². The molecule has 16 heavy (non-hydrogen) atoms. The van der Waals surface area contributed by atoms with Gasteiger partial charge in [-0.3, -0.25) is 4.79 Å². The van der Waals surface area contributed by atoms with Gasteiger partial charge in [0.05, 0.1) is 23.5 Å². The van der Waals surface area contributed by atoms with Crippen LogP contribution in [-0.2, 0) is 7.05 Å². The third kappa shape index (κ3) is 2.54. The number of hydrogen-bond acceptors (Lipinski definition) is 4. The Kier molecular flexibility index (Phi) is 3.60. The Labute approximate surface area is 99.0 Å². The second kappa shape index (κ2) is 4.43. The normalized spacial score (nSPS) is 13.6. The first-order valence-corrected chi connectivity index (χ1v) is 5.31. The first kappa shape index (κ1) is 13.0. The van der Waals surface area contributed by atoms with E-state index in [1.807, 2.05) is 13.8 Å². The molecule has 0 aliphatic rings. The van der Waals surface area contributed by atoms with Crippen LogP contribution in [0, 0.1) is 0 Å². The average Bonchev–Trinajstić information content (AvgIpc) is 2.19. The fourth-order valence-electron chi connectivity index (χ4n) is 1.05. The van der Waals surface area contributed by atoms with Crippen molar-refractivity contribution in [2.45, 2.75) is 32.4 Å². The zero-order valence-electron chi connectivity index (χ0n) is 9.78. The van der Waals surface area contributed by atoms with Gasteiger partial charge in [0, 0.05) is 7.05 Å². The van der Waals surface area contributed by atoms with Crippen molar-refractivity contribution in [3.8, 4) is 0 Å². The van der Waals surface area contributed by atoms with Gasteiger partial charge in [-0.15, -0.1) is 0 Å². The molecule has 1 rings (SSSR count). The zero-order chi connectivity index (χ0) is 12.5. The van der Waals surface area contributed by atoms with Crippen molar-refractivity contribution in [3.05, 3.63) is 21.6 Å². The maximum Gasteiger partial charge on any atom is 0.287 e. The maximum absolute atomic E-state index is 11.5. The summed E-state index contributed by atoms with van der Waals surface area (Å²) in [6.07, 6.45) is 0.876. The monoisotopic (exact) mass is 245 g/mol. The number of halogens is 1. The lowest BCUT2D eigenvalue weighted by Gasteiger charge is -2.30. The van der Waals surface area contributed by atoms with E-state index < -0.39 is 11.6 Å². The summed E-state index contributed by atoms with van der Waals surface area (Å²) in [6.45, 7) is 5.28. The SMILES string of the molecule is CC(O)C(C)(C)Nc1cnn(C)c(=O)c1Cl. The minimum absolute atomic E-state index is 0.0752. The Balaban J connectivity index is 3.09. The lowest BCUT2D eigenvalue weighted by Crippen LogP contribution is -2.42. The summed E-state index contributed by atoms with van der Waals surface area (Å²) in [7, 11) is 1.53. The van der Waals surface area contributed by atoms with Crippen molar-refractivity contribution < 1.29 is 5.11 Å². The topological polar surface area (TPSA) is 67.2 Å². The number of nitrogens with one attached hydrogen (secondary N) is 1. The van der Waals surface area contributed by atoms with Gasteiger partial charge < -0.3 is 10.4 Å². The van der Waals surface area contributed by atoms with Gasteiger partial charge >= 0.3 is 0 Å². The first-order valence-electron chi connectivity index (χ1n) is 4.94. The summed E-state index contributed by atoms with van der Waals surface area (Å²) in [6, 6.07) is 0. The maximum atomic E-state index is 11.5. The van der Waals surface area contributed by atoms with Crippen LogP contribution < -0.4 is 10.9 Å². The Morgan fingerprint density at radius 2 is 2.19 bits per heavy atom. The number of aromatic nitrogens is 2. The number of aliphatic hydroxyl groups is 1. The molecule has 6 heteroatoms. The van der Waals surface area contributed by atoms with Gasteiger partial charge in [-0.05, 0) is 20.8 Å². The van der Waals surface area contributed by atoms with Crippen LogP contribution >= 0.6 is 11.6 Å². The summed E-state index contributed by atoms with van der Waals surface area (Å²) in [5, 5.41) is 16.5. The van der Waals surface area contributed by atoms with Crippen molar-refractivity contribution in [1.82, 2.24) is 9.78 Å². The van der Waals surface area contributed by atoms with Crippen LogP contribution in [0.2, 0.25) is 5.02 Å². The molecule has 1 heterocycles. The molecule has 0 saturated carbocycles. The van der Waals surface area contributed by atoms with Crippen molar-refractivity contribution in [1.29, 1.82) is 0 Å². The Hall–Kier alpha value is -1.07. The van der Waals surface area contributed by atoms with Gasteiger partial charge in [0.15, 0.2) is 0 Å². The van der Waals surface area contributed by atoms with Gasteiger partial charge in [0.2, 0.25) is 0 Å². The molecule has 0 amide bonds. The predicted molar refractivity (Wildman–Crippen MR) is 63.9 cm³/mol. The molecule has 0 fully saturated rings. The van der Waals surface area contributed by atoms with Crippen molar-refractivity contribution in [3.63, 3.8) is 0 Å². The highest BCUT2D eigenvalue weighted by atomic mass is 35.5. The highest BCUT2D eigenvalue weighted by molar-refractivity contribution is 6.32. The molecule has 90 valence electrons. The lowest BCUT2D eigenvalue weighted by atomic mass is 9.98. The summed E-state index contributed by atoms with van der Waals surface area (Å²) < 4.78 is 1.16. The molecule has 2 N–H and O–H groups in total. The molecule has 0 aromatic carbocycles.